The lowest BCUT2D eigenvalue weighted by Crippen LogP contribution is -2.16. The summed E-state index contributed by atoms with van der Waals surface area (Å²) in [5, 5.41) is 0. The Hall–Kier alpha value is -1.85. The summed E-state index contributed by atoms with van der Waals surface area (Å²) in [7, 11) is 5.52. The summed E-state index contributed by atoms with van der Waals surface area (Å²) in [5.74, 6) is 1.21. The van der Waals surface area contributed by atoms with Gasteiger partial charge in [-0.05, 0) is 12.8 Å². The third kappa shape index (κ3) is 2.30. The Morgan fingerprint density at radius 3 is 2.50 bits per heavy atom. The van der Waals surface area contributed by atoms with E-state index in [9.17, 15) is 0 Å². The standard InChI is InChI=1S/C14H21N5O/c1-19(2)13-15-10(9-7-5-4-6-8-9)11-12(17-13)18-14(16-11)20-3/h9H,4-8H2,1-3H3,(H,15,16,17,18). The van der Waals surface area contributed by atoms with Gasteiger partial charge in [-0.3, -0.25) is 0 Å². The molecule has 3 rings (SSSR count). The monoisotopic (exact) mass is 275 g/mol. The number of imidazole rings is 1. The van der Waals surface area contributed by atoms with Crippen molar-refractivity contribution in [3.63, 3.8) is 0 Å². The molecule has 0 unspecified atom stereocenters. The molecule has 1 aliphatic rings. The molecule has 1 saturated carbocycles. The van der Waals surface area contributed by atoms with Crippen molar-refractivity contribution >= 4 is 17.1 Å². The molecule has 0 amide bonds. The van der Waals surface area contributed by atoms with E-state index in [2.05, 4.69) is 15.0 Å². The highest BCUT2D eigenvalue weighted by Gasteiger charge is 2.23. The molecule has 1 N–H and O–H groups in total. The zero-order valence-electron chi connectivity index (χ0n) is 12.3. The smallest absolute Gasteiger partial charge is 0.295 e. The predicted octanol–water partition coefficient (Wildman–Crippen LogP) is 2.48. The molecule has 0 radical (unpaired) electrons. The van der Waals surface area contributed by atoms with Crippen LogP contribution in [-0.2, 0) is 0 Å². The van der Waals surface area contributed by atoms with Gasteiger partial charge in [0.2, 0.25) is 5.95 Å². The van der Waals surface area contributed by atoms with Crippen LogP contribution >= 0.6 is 0 Å². The summed E-state index contributed by atoms with van der Waals surface area (Å²) in [5.41, 5.74) is 2.72. The lowest BCUT2D eigenvalue weighted by atomic mass is 9.86. The molecule has 108 valence electrons. The van der Waals surface area contributed by atoms with Crippen LogP contribution in [0.15, 0.2) is 0 Å². The first-order valence-corrected chi connectivity index (χ1v) is 7.18. The maximum absolute atomic E-state index is 5.19. The Morgan fingerprint density at radius 1 is 1.10 bits per heavy atom. The normalized spacial score (nSPS) is 16.6. The molecular weight excluding hydrogens is 254 g/mol. The van der Waals surface area contributed by atoms with Gasteiger partial charge in [0.1, 0.15) is 5.52 Å². The molecule has 1 fully saturated rings. The third-order valence-corrected chi connectivity index (χ3v) is 3.93. The van der Waals surface area contributed by atoms with Gasteiger partial charge < -0.3 is 14.6 Å². The van der Waals surface area contributed by atoms with Gasteiger partial charge in [-0.25, -0.2) is 4.98 Å². The number of methoxy groups -OCH3 is 1. The topological polar surface area (TPSA) is 66.9 Å². The molecule has 6 nitrogen and oxygen atoms in total. The van der Waals surface area contributed by atoms with E-state index in [1.165, 1.54) is 32.1 Å². The highest BCUT2D eigenvalue weighted by molar-refractivity contribution is 5.76. The fourth-order valence-electron chi connectivity index (χ4n) is 2.85. The molecule has 0 aliphatic heterocycles. The van der Waals surface area contributed by atoms with Crippen LogP contribution in [0.2, 0.25) is 0 Å². The van der Waals surface area contributed by atoms with Gasteiger partial charge in [-0.2, -0.15) is 9.97 Å². The molecule has 0 bridgehead atoms. The Balaban J connectivity index is 2.12. The van der Waals surface area contributed by atoms with Gasteiger partial charge in [0.15, 0.2) is 5.65 Å². The Morgan fingerprint density at radius 2 is 1.85 bits per heavy atom. The maximum Gasteiger partial charge on any atom is 0.295 e. The minimum atomic E-state index is 0.498. The lowest BCUT2D eigenvalue weighted by molar-refractivity contribution is 0.385. The van der Waals surface area contributed by atoms with Gasteiger partial charge in [-0.15, -0.1) is 0 Å². The summed E-state index contributed by atoms with van der Waals surface area (Å²) in [6.07, 6.45) is 6.27. The second-order valence-corrected chi connectivity index (χ2v) is 5.58. The minimum Gasteiger partial charge on any atom is -0.468 e. The van der Waals surface area contributed by atoms with Crippen molar-refractivity contribution in [1.82, 2.24) is 19.9 Å². The Kier molecular flexibility index (Phi) is 3.46. The fraction of sp³-hybridized carbons (Fsp3) is 0.643. The van der Waals surface area contributed by atoms with Crippen LogP contribution in [-0.4, -0.2) is 41.1 Å². The van der Waals surface area contributed by atoms with E-state index in [-0.39, 0.29) is 0 Å². The van der Waals surface area contributed by atoms with Gasteiger partial charge in [0.25, 0.3) is 6.01 Å². The first kappa shape index (κ1) is 13.1. The van der Waals surface area contributed by atoms with Crippen LogP contribution in [0.25, 0.3) is 11.2 Å². The van der Waals surface area contributed by atoms with E-state index in [4.69, 9.17) is 9.72 Å². The summed E-state index contributed by atoms with van der Waals surface area (Å²) in [6, 6.07) is 0.502. The Labute approximate surface area is 118 Å². The largest absolute Gasteiger partial charge is 0.468 e. The number of aromatic nitrogens is 4. The number of H-pyrrole nitrogens is 1. The summed E-state index contributed by atoms with van der Waals surface area (Å²) >= 11 is 0. The first-order valence-electron chi connectivity index (χ1n) is 7.18. The number of hydrogen-bond donors (Lipinski definition) is 1. The van der Waals surface area contributed by atoms with E-state index < -0.39 is 0 Å². The Bertz CT molecular complexity index is 601. The number of anilines is 1. The van der Waals surface area contributed by atoms with Crippen molar-refractivity contribution in [2.24, 2.45) is 0 Å². The molecule has 2 aromatic heterocycles. The number of nitrogens with one attached hydrogen (secondary N) is 1. The molecule has 20 heavy (non-hydrogen) atoms. The average Bonchev–Trinajstić information content (AvgIpc) is 2.90. The average molecular weight is 275 g/mol. The minimum absolute atomic E-state index is 0.498. The molecule has 0 spiro atoms. The van der Waals surface area contributed by atoms with Crippen molar-refractivity contribution in [2.45, 2.75) is 38.0 Å². The van der Waals surface area contributed by atoms with Gasteiger partial charge >= 0.3 is 0 Å². The van der Waals surface area contributed by atoms with E-state index >= 15 is 0 Å². The zero-order valence-corrected chi connectivity index (χ0v) is 12.3. The van der Waals surface area contributed by atoms with Crippen LogP contribution in [0.1, 0.15) is 43.7 Å². The quantitative estimate of drug-likeness (QED) is 0.932. The third-order valence-electron chi connectivity index (χ3n) is 3.93. The van der Waals surface area contributed by atoms with E-state index in [1.807, 2.05) is 19.0 Å². The van der Waals surface area contributed by atoms with Crippen molar-refractivity contribution < 1.29 is 4.74 Å². The number of hydrogen-bond acceptors (Lipinski definition) is 5. The van der Waals surface area contributed by atoms with Crippen LogP contribution in [0.5, 0.6) is 6.01 Å². The highest BCUT2D eigenvalue weighted by atomic mass is 16.5. The maximum atomic E-state index is 5.19. The summed E-state index contributed by atoms with van der Waals surface area (Å²) in [6.45, 7) is 0. The van der Waals surface area contributed by atoms with Crippen LogP contribution in [0.3, 0.4) is 0 Å². The zero-order chi connectivity index (χ0) is 14.1. The van der Waals surface area contributed by atoms with Crippen LogP contribution in [0, 0.1) is 0 Å². The number of aromatic amines is 1. The van der Waals surface area contributed by atoms with Crippen molar-refractivity contribution in [1.29, 1.82) is 0 Å². The number of fused-ring (bicyclic) bond motifs is 1. The molecule has 0 aromatic carbocycles. The van der Waals surface area contributed by atoms with E-state index in [0.29, 0.717) is 23.5 Å². The highest BCUT2D eigenvalue weighted by Crippen LogP contribution is 2.35. The molecule has 6 heteroatoms. The molecule has 1 aliphatic carbocycles. The van der Waals surface area contributed by atoms with Crippen molar-refractivity contribution in [2.75, 3.05) is 26.1 Å². The summed E-state index contributed by atoms with van der Waals surface area (Å²) < 4.78 is 5.19. The molecule has 0 atom stereocenters. The predicted molar refractivity (Wildman–Crippen MR) is 78.4 cm³/mol. The van der Waals surface area contributed by atoms with Gasteiger partial charge in [0.05, 0.1) is 12.8 Å². The lowest BCUT2D eigenvalue weighted by Gasteiger charge is -2.22. The van der Waals surface area contributed by atoms with Crippen molar-refractivity contribution in [3.05, 3.63) is 5.69 Å². The fourth-order valence-corrected chi connectivity index (χ4v) is 2.85. The first-order chi connectivity index (χ1) is 9.69. The number of rotatable bonds is 3. The van der Waals surface area contributed by atoms with Gasteiger partial charge in [-0.1, -0.05) is 19.3 Å². The SMILES string of the molecule is COc1nc2nc(N(C)C)nc(C3CCCCC3)c2[nH]1. The van der Waals surface area contributed by atoms with Crippen LogP contribution in [0.4, 0.5) is 5.95 Å². The summed E-state index contributed by atoms with van der Waals surface area (Å²) in [4.78, 5) is 18.7. The number of nitrogens with zero attached hydrogens (tertiary/aromatic N) is 4. The van der Waals surface area contributed by atoms with Crippen molar-refractivity contribution in [3.8, 4) is 6.01 Å². The van der Waals surface area contributed by atoms with Gasteiger partial charge in [0, 0.05) is 20.0 Å². The second kappa shape index (κ2) is 5.26. The van der Waals surface area contributed by atoms with E-state index in [0.717, 1.165) is 11.2 Å². The number of ether oxygens (including phenoxy) is 1. The second-order valence-electron chi connectivity index (χ2n) is 5.58. The molecule has 2 heterocycles. The van der Waals surface area contributed by atoms with Crippen LogP contribution < -0.4 is 9.64 Å². The van der Waals surface area contributed by atoms with E-state index in [1.54, 1.807) is 7.11 Å². The molecule has 0 saturated heterocycles. The molecule has 2 aromatic rings. The molecular formula is C14H21N5O.